The molecule has 2 aromatic rings. The molecule has 1 amide bonds. The maximum absolute atomic E-state index is 12.9. The van der Waals surface area contributed by atoms with E-state index in [0.29, 0.717) is 21.8 Å². The molecule has 0 bridgehead atoms. The summed E-state index contributed by atoms with van der Waals surface area (Å²) in [7, 11) is 0. The Kier molecular flexibility index (Phi) is 6.50. The Balaban J connectivity index is 1.45. The maximum atomic E-state index is 12.9. The van der Waals surface area contributed by atoms with Crippen molar-refractivity contribution in [3.63, 3.8) is 0 Å². The molecule has 0 aliphatic heterocycles. The Labute approximate surface area is 179 Å². The minimum absolute atomic E-state index is 0.110. The first-order valence-electron chi connectivity index (χ1n) is 10.5. The Bertz CT molecular complexity index is 909. The van der Waals surface area contributed by atoms with Gasteiger partial charge in [0.25, 0.3) is 0 Å². The van der Waals surface area contributed by atoms with Gasteiger partial charge < -0.3 is 5.32 Å². The summed E-state index contributed by atoms with van der Waals surface area (Å²) in [5.74, 6) is -0.110. The third-order valence-electron chi connectivity index (χ3n) is 5.80. The highest BCUT2D eigenvalue weighted by molar-refractivity contribution is 8.00. The average molecular weight is 431 g/mol. The number of hydrogen-bond donors (Lipinski definition) is 1. The summed E-state index contributed by atoms with van der Waals surface area (Å²) >= 11 is 2.96. The normalized spacial score (nSPS) is 18.5. The van der Waals surface area contributed by atoms with Gasteiger partial charge in [0.15, 0.2) is 0 Å². The smallest absolute Gasteiger partial charge is 0.238 e. The lowest BCUT2D eigenvalue weighted by atomic mass is 9.96. The van der Waals surface area contributed by atoms with Crippen LogP contribution in [0.5, 0.6) is 0 Å². The molecule has 1 saturated carbocycles. The standard InChI is InChI=1S/C20H26N6OS2/c1-13(28-20-23-24-25-26(20)14-8-4-2-5-9-14)18(27)22-19-16(12-21)15-10-6-3-7-11-17(15)29-19/h13-14H,2-11H2,1H3,(H,22,27). The van der Waals surface area contributed by atoms with Gasteiger partial charge in [0, 0.05) is 4.88 Å². The van der Waals surface area contributed by atoms with Crippen LogP contribution in [0.25, 0.3) is 0 Å². The van der Waals surface area contributed by atoms with Gasteiger partial charge in [0.05, 0.1) is 16.9 Å². The van der Waals surface area contributed by atoms with Gasteiger partial charge in [0.1, 0.15) is 11.1 Å². The van der Waals surface area contributed by atoms with Crippen LogP contribution in [-0.4, -0.2) is 31.4 Å². The summed E-state index contributed by atoms with van der Waals surface area (Å²) in [5.41, 5.74) is 1.80. The minimum Gasteiger partial charge on any atom is -0.316 e. The van der Waals surface area contributed by atoms with Crippen molar-refractivity contribution < 1.29 is 4.79 Å². The van der Waals surface area contributed by atoms with Crippen molar-refractivity contribution in [1.82, 2.24) is 20.2 Å². The molecule has 0 radical (unpaired) electrons. The van der Waals surface area contributed by atoms with Crippen molar-refractivity contribution in [1.29, 1.82) is 5.26 Å². The Hall–Kier alpha value is -1.92. The molecule has 29 heavy (non-hydrogen) atoms. The van der Waals surface area contributed by atoms with Crippen LogP contribution < -0.4 is 5.32 Å². The molecule has 0 aromatic carbocycles. The maximum Gasteiger partial charge on any atom is 0.238 e. The van der Waals surface area contributed by atoms with Gasteiger partial charge in [-0.1, -0.05) is 37.4 Å². The molecule has 4 rings (SSSR count). The van der Waals surface area contributed by atoms with E-state index >= 15 is 0 Å². The number of nitrogens with zero attached hydrogens (tertiary/aromatic N) is 5. The number of aromatic nitrogens is 4. The number of anilines is 1. The van der Waals surface area contributed by atoms with Crippen LogP contribution in [0.1, 0.15) is 80.3 Å². The van der Waals surface area contributed by atoms with Crippen LogP contribution in [0.15, 0.2) is 5.16 Å². The van der Waals surface area contributed by atoms with Crippen LogP contribution in [0.2, 0.25) is 0 Å². The first-order valence-corrected chi connectivity index (χ1v) is 12.2. The zero-order chi connectivity index (χ0) is 20.2. The van der Waals surface area contributed by atoms with Crippen LogP contribution in [0.3, 0.4) is 0 Å². The zero-order valence-electron chi connectivity index (χ0n) is 16.7. The molecule has 1 unspecified atom stereocenters. The van der Waals surface area contributed by atoms with Crippen LogP contribution in [-0.2, 0) is 17.6 Å². The largest absolute Gasteiger partial charge is 0.316 e. The molecule has 2 aromatic heterocycles. The fourth-order valence-electron chi connectivity index (χ4n) is 4.19. The van der Waals surface area contributed by atoms with Crippen molar-refractivity contribution in [3.05, 3.63) is 16.0 Å². The number of aryl methyl sites for hydroxylation is 1. The first-order chi connectivity index (χ1) is 14.2. The third kappa shape index (κ3) is 4.48. The lowest BCUT2D eigenvalue weighted by Gasteiger charge is -2.22. The number of thiophene rings is 1. The fourth-order valence-corrected chi connectivity index (χ4v) is 6.29. The monoisotopic (exact) mass is 430 g/mol. The van der Waals surface area contributed by atoms with Gasteiger partial charge in [-0.05, 0) is 61.4 Å². The molecule has 0 saturated heterocycles. The Morgan fingerprint density at radius 3 is 2.79 bits per heavy atom. The Morgan fingerprint density at radius 2 is 2.00 bits per heavy atom. The molecule has 154 valence electrons. The molecular formula is C20H26N6OS2. The van der Waals surface area contributed by atoms with E-state index in [0.717, 1.165) is 44.1 Å². The van der Waals surface area contributed by atoms with E-state index in [2.05, 4.69) is 26.9 Å². The van der Waals surface area contributed by atoms with Crippen molar-refractivity contribution in [2.75, 3.05) is 5.32 Å². The van der Waals surface area contributed by atoms with Crippen LogP contribution >= 0.6 is 23.1 Å². The summed E-state index contributed by atoms with van der Waals surface area (Å²) in [4.78, 5) is 14.1. The SMILES string of the molecule is CC(Sc1nnnn1C1CCCCC1)C(=O)Nc1sc2c(c1C#N)CCCCC2. The molecule has 1 N–H and O–H groups in total. The second-order valence-electron chi connectivity index (χ2n) is 7.83. The number of carbonyl (C=O) groups excluding carboxylic acids is 1. The van der Waals surface area contributed by atoms with Gasteiger partial charge in [-0.15, -0.1) is 16.4 Å². The van der Waals surface area contributed by atoms with Crippen LogP contribution in [0, 0.1) is 11.3 Å². The number of nitrogens with one attached hydrogen (secondary N) is 1. The molecule has 2 heterocycles. The van der Waals surface area contributed by atoms with Gasteiger partial charge in [-0.25, -0.2) is 4.68 Å². The number of fused-ring (bicyclic) bond motifs is 1. The summed E-state index contributed by atoms with van der Waals surface area (Å²) in [5, 5.41) is 25.9. The van der Waals surface area contributed by atoms with Gasteiger partial charge in [-0.3, -0.25) is 4.79 Å². The minimum atomic E-state index is -0.350. The number of tetrazole rings is 1. The second kappa shape index (κ2) is 9.26. The lowest BCUT2D eigenvalue weighted by molar-refractivity contribution is -0.115. The molecule has 9 heteroatoms. The fraction of sp³-hybridized carbons (Fsp3) is 0.650. The van der Waals surface area contributed by atoms with Gasteiger partial charge in [0.2, 0.25) is 11.1 Å². The predicted octanol–water partition coefficient (Wildman–Crippen LogP) is 4.50. The molecular weight excluding hydrogens is 404 g/mol. The van der Waals surface area contributed by atoms with Crippen LogP contribution in [0.4, 0.5) is 5.00 Å². The summed E-state index contributed by atoms with van der Waals surface area (Å²) in [6, 6.07) is 2.65. The van der Waals surface area contributed by atoms with E-state index in [1.165, 1.54) is 42.3 Å². The van der Waals surface area contributed by atoms with Crippen molar-refractivity contribution in [2.45, 2.75) is 87.6 Å². The molecule has 1 fully saturated rings. The Morgan fingerprint density at radius 1 is 1.24 bits per heavy atom. The quantitative estimate of drug-likeness (QED) is 0.554. The number of hydrogen-bond acceptors (Lipinski definition) is 7. The summed E-state index contributed by atoms with van der Waals surface area (Å²) in [6.45, 7) is 1.87. The number of amides is 1. The second-order valence-corrected chi connectivity index (χ2v) is 10.2. The van der Waals surface area contributed by atoms with E-state index in [9.17, 15) is 10.1 Å². The molecule has 0 spiro atoms. The summed E-state index contributed by atoms with van der Waals surface area (Å²) < 4.78 is 1.89. The van der Waals surface area contributed by atoms with Gasteiger partial charge >= 0.3 is 0 Å². The van der Waals surface area contributed by atoms with Crippen molar-refractivity contribution in [2.24, 2.45) is 0 Å². The number of rotatable bonds is 5. The van der Waals surface area contributed by atoms with Crippen molar-refractivity contribution >= 4 is 34.0 Å². The van der Waals surface area contributed by atoms with E-state index < -0.39 is 0 Å². The predicted molar refractivity (Wildman–Crippen MR) is 114 cm³/mol. The molecule has 2 aliphatic rings. The highest BCUT2D eigenvalue weighted by Gasteiger charge is 2.26. The number of carbonyl (C=O) groups is 1. The average Bonchev–Trinajstić information content (AvgIpc) is 3.25. The topological polar surface area (TPSA) is 96.5 Å². The highest BCUT2D eigenvalue weighted by Crippen LogP contribution is 2.37. The molecule has 1 atom stereocenters. The lowest BCUT2D eigenvalue weighted by Crippen LogP contribution is -2.23. The first kappa shape index (κ1) is 20.4. The number of thioether (sulfide) groups is 1. The van der Waals surface area contributed by atoms with E-state index in [4.69, 9.17) is 0 Å². The van der Waals surface area contributed by atoms with E-state index in [1.807, 2.05) is 11.6 Å². The molecule has 2 aliphatic carbocycles. The molecule has 7 nitrogen and oxygen atoms in total. The third-order valence-corrected chi connectivity index (χ3v) is 8.06. The van der Waals surface area contributed by atoms with Gasteiger partial charge in [-0.2, -0.15) is 5.26 Å². The highest BCUT2D eigenvalue weighted by atomic mass is 32.2. The zero-order valence-corrected chi connectivity index (χ0v) is 18.3. The van der Waals surface area contributed by atoms with E-state index in [-0.39, 0.29) is 11.2 Å². The summed E-state index contributed by atoms with van der Waals surface area (Å²) in [6.07, 6.45) is 11.3. The van der Waals surface area contributed by atoms with Crippen molar-refractivity contribution in [3.8, 4) is 6.07 Å². The van der Waals surface area contributed by atoms with E-state index in [1.54, 1.807) is 11.3 Å². The number of nitriles is 1.